The highest BCUT2D eigenvalue weighted by molar-refractivity contribution is 4.77. The highest BCUT2D eigenvalue weighted by Crippen LogP contribution is 2.12. The van der Waals surface area contributed by atoms with E-state index in [2.05, 4.69) is 5.32 Å². The normalized spacial score (nSPS) is 13.4. The quantitative estimate of drug-likeness (QED) is 0.450. The first-order chi connectivity index (χ1) is 5.83. The maximum atomic E-state index is 9.37. The maximum absolute atomic E-state index is 9.37. The molecule has 4 nitrogen and oxygen atoms in total. The molecule has 0 rings (SSSR count). The number of nitrogens with one attached hydrogen (secondary N) is 1. The summed E-state index contributed by atoms with van der Waals surface area (Å²) in [5.74, 6) is 0. The number of rotatable bonds is 6. The van der Waals surface area contributed by atoms with E-state index in [0.29, 0.717) is 13.1 Å². The fourth-order valence-corrected chi connectivity index (χ4v) is 0.832. The third kappa shape index (κ3) is 5.99. The first kappa shape index (κ1) is 12.8. The van der Waals surface area contributed by atoms with Crippen LogP contribution in [0.1, 0.15) is 20.8 Å². The van der Waals surface area contributed by atoms with Crippen LogP contribution < -0.4 is 5.32 Å². The van der Waals surface area contributed by atoms with Crippen LogP contribution in [0.15, 0.2) is 0 Å². The van der Waals surface area contributed by atoms with E-state index < -0.39 is 11.0 Å². The molecule has 0 unspecified atom stereocenters. The van der Waals surface area contributed by atoms with Crippen molar-refractivity contribution >= 4 is 0 Å². The summed E-state index contributed by atoms with van der Waals surface area (Å²) in [6.07, 6.45) is 0. The Morgan fingerprint density at radius 3 is 1.77 bits per heavy atom. The fourth-order valence-electron chi connectivity index (χ4n) is 0.832. The molecule has 0 heterocycles. The molecule has 0 aliphatic carbocycles. The molecule has 0 bridgehead atoms. The Balaban J connectivity index is 3.74. The molecule has 0 aliphatic rings. The number of aliphatic hydroxyl groups is 3. The molecule has 4 heteroatoms. The lowest BCUT2D eigenvalue weighted by atomic mass is 9.93. The van der Waals surface area contributed by atoms with E-state index in [-0.39, 0.29) is 13.2 Å². The van der Waals surface area contributed by atoms with Crippen LogP contribution in [0, 0.1) is 5.41 Å². The monoisotopic (exact) mass is 191 g/mol. The van der Waals surface area contributed by atoms with Crippen molar-refractivity contribution in [3.8, 4) is 0 Å². The summed E-state index contributed by atoms with van der Waals surface area (Å²) < 4.78 is 0. The van der Waals surface area contributed by atoms with Gasteiger partial charge in [0.15, 0.2) is 0 Å². The third-order valence-electron chi connectivity index (χ3n) is 1.87. The van der Waals surface area contributed by atoms with Gasteiger partial charge in [-0.15, -0.1) is 0 Å². The second kappa shape index (κ2) is 4.91. The summed E-state index contributed by atoms with van der Waals surface area (Å²) >= 11 is 0. The Bertz CT molecular complexity index is 138. The molecule has 0 amide bonds. The van der Waals surface area contributed by atoms with Crippen molar-refractivity contribution in [2.75, 3.05) is 26.3 Å². The molecular weight excluding hydrogens is 170 g/mol. The fraction of sp³-hybridized carbons (Fsp3) is 1.00. The van der Waals surface area contributed by atoms with E-state index >= 15 is 0 Å². The third-order valence-corrected chi connectivity index (χ3v) is 1.87. The highest BCUT2D eigenvalue weighted by Gasteiger charge is 2.23. The van der Waals surface area contributed by atoms with Crippen LogP contribution in [0.25, 0.3) is 0 Å². The van der Waals surface area contributed by atoms with E-state index in [0.717, 1.165) is 0 Å². The molecule has 0 saturated heterocycles. The van der Waals surface area contributed by atoms with Gasteiger partial charge < -0.3 is 20.6 Å². The van der Waals surface area contributed by atoms with Gasteiger partial charge in [-0.1, -0.05) is 6.92 Å². The van der Waals surface area contributed by atoms with Crippen molar-refractivity contribution in [2.45, 2.75) is 26.4 Å². The minimum Gasteiger partial charge on any atom is -0.396 e. The van der Waals surface area contributed by atoms with Gasteiger partial charge in [-0.05, 0) is 13.8 Å². The summed E-state index contributed by atoms with van der Waals surface area (Å²) in [5, 5.41) is 30.3. The van der Waals surface area contributed by atoms with Crippen molar-refractivity contribution in [2.24, 2.45) is 5.41 Å². The van der Waals surface area contributed by atoms with Gasteiger partial charge in [-0.25, -0.2) is 0 Å². The Kier molecular flexibility index (Phi) is 4.85. The molecule has 0 atom stereocenters. The topological polar surface area (TPSA) is 72.7 Å². The molecule has 0 spiro atoms. The van der Waals surface area contributed by atoms with Crippen molar-refractivity contribution in [1.29, 1.82) is 0 Å². The van der Waals surface area contributed by atoms with Crippen LogP contribution in [0.2, 0.25) is 0 Å². The zero-order valence-corrected chi connectivity index (χ0v) is 8.67. The van der Waals surface area contributed by atoms with Gasteiger partial charge in [0, 0.05) is 18.5 Å². The SMILES string of the molecule is CC(C)(O)CNCC(C)(CO)CO. The summed E-state index contributed by atoms with van der Waals surface area (Å²) in [7, 11) is 0. The highest BCUT2D eigenvalue weighted by atomic mass is 16.3. The van der Waals surface area contributed by atoms with E-state index in [1.165, 1.54) is 0 Å². The van der Waals surface area contributed by atoms with Gasteiger partial charge in [0.25, 0.3) is 0 Å². The summed E-state index contributed by atoms with van der Waals surface area (Å²) in [5.41, 5.74) is -1.27. The van der Waals surface area contributed by atoms with E-state index in [9.17, 15) is 5.11 Å². The molecular formula is C9H21NO3. The Labute approximate surface area is 79.6 Å². The van der Waals surface area contributed by atoms with Crippen LogP contribution in [-0.2, 0) is 0 Å². The second-order valence-electron chi connectivity index (χ2n) is 4.54. The summed E-state index contributed by atoms with van der Waals surface area (Å²) in [4.78, 5) is 0. The van der Waals surface area contributed by atoms with Crippen LogP contribution >= 0.6 is 0 Å². The Hall–Kier alpha value is -0.160. The number of aliphatic hydroxyl groups excluding tert-OH is 2. The molecule has 0 aromatic heterocycles. The first-order valence-corrected chi connectivity index (χ1v) is 4.48. The predicted molar refractivity (Wildman–Crippen MR) is 51.4 cm³/mol. The van der Waals surface area contributed by atoms with Crippen LogP contribution in [-0.4, -0.2) is 47.2 Å². The molecule has 4 N–H and O–H groups in total. The lowest BCUT2D eigenvalue weighted by Gasteiger charge is -2.27. The molecule has 0 aromatic carbocycles. The predicted octanol–water partition coefficient (Wildman–Crippen LogP) is -0.662. The zero-order valence-electron chi connectivity index (χ0n) is 8.67. The van der Waals surface area contributed by atoms with Gasteiger partial charge in [0.2, 0.25) is 0 Å². The molecule has 80 valence electrons. The summed E-state index contributed by atoms with van der Waals surface area (Å²) in [6.45, 7) is 5.99. The van der Waals surface area contributed by atoms with Gasteiger partial charge in [0.05, 0.1) is 18.8 Å². The molecule has 0 radical (unpaired) electrons. The van der Waals surface area contributed by atoms with E-state index in [1.807, 2.05) is 0 Å². The number of hydrogen-bond donors (Lipinski definition) is 4. The molecule has 0 fully saturated rings. The van der Waals surface area contributed by atoms with E-state index in [1.54, 1.807) is 20.8 Å². The van der Waals surface area contributed by atoms with Gasteiger partial charge in [-0.3, -0.25) is 0 Å². The Morgan fingerprint density at radius 1 is 1.00 bits per heavy atom. The first-order valence-electron chi connectivity index (χ1n) is 4.48. The second-order valence-corrected chi connectivity index (χ2v) is 4.54. The minimum atomic E-state index is -0.758. The van der Waals surface area contributed by atoms with Gasteiger partial charge >= 0.3 is 0 Å². The molecule has 13 heavy (non-hydrogen) atoms. The van der Waals surface area contributed by atoms with Gasteiger partial charge in [-0.2, -0.15) is 0 Å². The average molecular weight is 191 g/mol. The van der Waals surface area contributed by atoms with Gasteiger partial charge in [0.1, 0.15) is 0 Å². The van der Waals surface area contributed by atoms with Crippen molar-refractivity contribution in [3.05, 3.63) is 0 Å². The zero-order chi connectivity index (χ0) is 10.5. The minimum absolute atomic E-state index is 0.0671. The average Bonchev–Trinajstić information content (AvgIpc) is 2.02. The maximum Gasteiger partial charge on any atom is 0.0715 e. The molecule has 0 aliphatic heterocycles. The van der Waals surface area contributed by atoms with Crippen LogP contribution in [0.4, 0.5) is 0 Å². The summed E-state index contributed by atoms with van der Waals surface area (Å²) in [6, 6.07) is 0. The Morgan fingerprint density at radius 2 is 1.46 bits per heavy atom. The number of hydrogen-bond acceptors (Lipinski definition) is 4. The van der Waals surface area contributed by atoms with E-state index in [4.69, 9.17) is 10.2 Å². The molecule has 0 aromatic rings. The van der Waals surface area contributed by atoms with Crippen molar-refractivity contribution < 1.29 is 15.3 Å². The largest absolute Gasteiger partial charge is 0.396 e. The van der Waals surface area contributed by atoms with Crippen LogP contribution in [0.5, 0.6) is 0 Å². The lowest BCUT2D eigenvalue weighted by Crippen LogP contribution is -2.43. The molecule has 0 saturated carbocycles. The van der Waals surface area contributed by atoms with Crippen molar-refractivity contribution in [1.82, 2.24) is 5.32 Å². The van der Waals surface area contributed by atoms with Crippen LogP contribution in [0.3, 0.4) is 0 Å². The lowest BCUT2D eigenvalue weighted by molar-refractivity contribution is 0.0501. The standard InChI is InChI=1S/C9H21NO3/c1-8(2,13)4-10-5-9(3,6-11)7-12/h10-13H,4-7H2,1-3H3. The smallest absolute Gasteiger partial charge is 0.0715 e. The van der Waals surface area contributed by atoms with Crippen molar-refractivity contribution in [3.63, 3.8) is 0 Å².